The van der Waals surface area contributed by atoms with E-state index in [0.29, 0.717) is 11.1 Å². The summed E-state index contributed by atoms with van der Waals surface area (Å²) in [6.45, 7) is 3.91. The first kappa shape index (κ1) is 17.2. The van der Waals surface area contributed by atoms with Crippen LogP contribution in [0.5, 0.6) is 0 Å². The molecule has 22 heavy (non-hydrogen) atoms. The van der Waals surface area contributed by atoms with Crippen LogP contribution in [0, 0.1) is 5.82 Å². The molecule has 1 aliphatic heterocycles. The first-order valence-electron chi connectivity index (χ1n) is 7.90. The van der Waals surface area contributed by atoms with E-state index in [4.69, 9.17) is 0 Å². The molecule has 2 aliphatic rings. The standard InChI is InChI=1S/C17H23FN2O.ClH/c1-17(7-2-8-17)20-16(21)13-3-4-15(18)14(11-13)12-5-9-19-10-6-12;/h3-4,11-12,19H,2,5-10H2,1H3,(H,20,21);1H. The van der Waals surface area contributed by atoms with Gasteiger partial charge >= 0.3 is 0 Å². The maximum absolute atomic E-state index is 14.1. The highest BCUT2D eigenvalue weighted by atomic mass is 35.5. The topological polar surface area (TPSA) is 41.1 Å². The van der Waals surface area contributed by atoms with Crippen LogP contribution >= 0.6 is 12.4 Å². The van der Waals surface area contributed by atoms with Crippen LogP contribution in [-0.2, 0) is 0 Å². The maximum Gasteiger partial charge on any atom is 0.251 e. The minimum atomic E-state index is -0.187. The smallest absolute Gasteiger partial charge is 0.251 e. The summed E-state index contributed by atoms with van der Waals surface area (Å²) >= 11 is 0. The summed E-state index contributed by atoms with van der Waals surface area (Å²) in [4.78, 5) is 12.4. The van der Waals surface area contributed by atoms with Crippen LogP contribution in [0.4, 0.5) is 4.39 Å². The molecule has 1 saturated carbocycles. The highest BCUT2D eigenvalue weighted by molar-refractivity contribution is 5.95. The van der Waals surface area contributed by atoms with Crippen molar-refractivity contribution in [2.75, 3.05) is 13.1 Å². The molecule has 1 amide bonds. The molecular weight excluding hydrogens is 303 g/mol. The van der Waals surface area contributed by atoms with Crippen molar-refractivity contribution in [2.24, 2.45) is 0 Å². The fourth-order valence-electron chi connectivity index (χ4n) is 3.31. The summed E-state index contributed by atoms with van der Waals surface area (Å²) in [5, 5.41) is 6.37. The zero-order valence-electron chi connectivity index (χ0n) is 13.0. The molecule has 0 radical (unpaired) electrons. The van der Waals surface area contributed by atoms with Crippen molar-refractivity contribution in [3.63, 3.8) is 0 Å². The number of hydrogen-bond acceptors (Lipinski definition) is 2. The average Bonchev–Trinajstić information content (AvgIpc) is 2.47. The minimum Gasteiger partial charge on any atom is -0.347 e. The van der Waals surface area contributed by atoms with E-state index in [2.05, 4.69) is 17.6 Å². The van der Waals surface area contributed by atoms with Gasteiger partial charge in [-0.2, -0.15) is 0 Å². The minimum absolute atomic E-state index is 0. The second-order valence-corrected chi connectivity index (χ2v) is 6.63. The molecule has 0 atom stereocenters. The molecule has 3 nitrogen and oxygen atoms in total. The number of halogens is 2. The number of carbonyl (C=O) groups is 1. The second kappa shape index (κ2) is 6.97. The molecule has 0 bridgehead atoms. The van der Waals surface area contributed by atoms with Crippen LogP contribution in [0.3, 0.4) is 0 Å². The van der Waals surface area contributed by atoms with Gasteiger partial charge in [0.1, 0.15) is 5.82 Å². The normalized spacial score (nSPS) is 20.6. The highest BCUT2D eigenvalue weighted by Crippen LogP contribution is 2.32. The predicted molar refractivity (Wildman–Crippen MR) is 88.2 cm³/mol. The van der Waals surface area contributed by atoms with E-state index in [9.17, 15) is 9.18 Å². The quantitative estimate of drug-likeness (QED) is 0.894. The van der Waals surface area contributed by atoms with Gasteiger partial charge < -0.3 is 10.6 Å². The summed E-state index contributed by atoms with van der Waals surface area (Å²) < 4.78 is 14.1. The molecule has 0 unspecified atom stereocenters. The first-order valence-corrected chi connectivity index (χ1v) is 7.90. The van der Waals surface area contributed by atoms with Gasteiger partial charge in [0.2, 0.25) is 0 Å². The van der Waals surface area contributed by atoms with E-state index in [1.165, 1.54) is 12.5 Å². The summed E-state index contributed by atoms with van der Waals surface area (Å²) in [6, 6.07) is 4.79. The number of nitrogens with one attached hydrogen (secondary N) is 2. The monoisotopic (exact) mass is 326 g/mol. The van der Waals surface area contributed by atoms with Crippen LogP contribution in [0.1, 0.15) is 60.9 Å². The molecular formula is C17H24ClFN2O. The Morgan fingerprint density at radius 3 is 2.59 bits per heavy atom. The van der Waals surface area contributed by atoms with Crippen LogP contribution in [0.2, 0.25) is 0 Å². The van der Waals surface area contributed by atoms with Crippen LogP contribution in [-0.4, -0.2) is 24.5 Å². The van der Waals surface area contributed by atoms with Gasteiger partial charge in [-0.05, 0) is 81.8 Å². The van der Waals surface area contributed by atoms with Crippen LogP contribution in [0.15, 0.2) is 18.2 Å². The summed E-state index contributed by atoms with van der Waals surface area (Å²) in [6.07, 6.45) is 5.09. The van der Waals surface area contributed by atoms with Crippen molar-refractivity contribution in [2.45, 2.75) is 50.5 Å². The molecule has 2 N–H and O–H groups in total. The lowest BCUT2D eigenvalue weighted by atomic mass is 9.78. The van der Waals surface area contributed by atoms with Gasteiger partial charge in [0.05, 0.1) is 0 Å². The van der Waals surface area contributed by atoms with E-state index in [1.54, 1.807) is 12.1 Å². The number of hydrogen-bond donors (Lipinski definition) is 2. The van der Waals surface area contributed by atoms with Crippen molar-refractivity contribution in [3.05, 3.63) is 35.1 Å². The lowest BCUT2D eigenvalue weighted by Gasteiger charge is -2.39. The second-order valence-electron chi connectivity index (χ2n) is 6.63. The van der Waals surface area contributed by atoms with Crippen molar-refractivity contribution in [3.8, 4) is 0 Å². The summed E-state index contributed by atoms with van der Waals surface area (Å²) in [5.74, 6) is -0.0426. The first-order chi connectivity index (χ1) is 10.1. The number of benzene rings is 1. The van der Waals surface area contributed by atoms with E-state index in [0.717, 1.165) is 38.8 Å². The van der Waals surface area contributed by atoms with Gasteiger partial charge in [-0.3, -0.25) is 4.79 Å². The predicted octanol–water partition coefficient (Wildman–Crippen LogP) is 3.39. The lowest BCUT2D eigenvalue weighted by molar-refractivity contribution is 0.0850. The van der Waals surface area contributed by atoms with Crippen molar-refractivity contribution in [1.82, 2.24) is 10.6 Å². The maximum atomic E-state index is 14.1. The summed E-state index contributed by atoms with van der Waals surface area (Å²) in [7, 11) is 0. The molecule has 0 aromatic heterocycles. The molecule has 1 heterocycles. The fraction of sp³-hybridized carbons (Fsp3) is 0.588. The Hall–Kier alpha value is -1.13. The average molecular weight is 327 g/mol. The zero-order valence-corrected chi connectivity index (χ0v) is 13.8. The van der Waals surface area contributed by atoms with E-state index < -0.39 is 0 Å². The number of rotatable bonds is 3. The zero-order chi connectivity index (χ0) is 14.9. The fourth-order valence-corrected chi connectivity index (χ4v) is 3.31. The Morgan fingerprint density at radius 2 is 2.00 bits per heavy atom. The molecule has 3 rings (SSSR count). The number of amides is 1. The Morgan fingerprint density at radius 1 is 1.32 bits per heavy atom. The van der Waals surface area contributed by atoms with Gasteiger partial charge in [0.25, 0.3) is 5.91 Å². The van der Waals surface area contributed by atoms with Crippen molar-refractivity contribution < 1.29 is 9.18 Å². The van der Waals surface area contributed by atoms with Crippen molar-refractivity contribution >= 4 is 18.3 Å². The van der Waals surface area contributed by atoms with Gasteiger partial charge in [0, 0.05) is 11.1 Å². The number of carbonyl (C=O) groups excluding carboxylic acids is 1. The van der Waals surface area contributed by atoms with Gasteiger partial charge in [-0.15, -0.1) is 12.4 Å². The van der Waals surface area contributed by atoms with Crippen molar-refractivity contribution in [1.29, 1.82) is 0 Å². The molecule has 5 heteroatoms. The Kier molecular flexibility index (Phi) is 5.45. The molecule has 1 saturated heterocycles. The molecule has 122 valence electrons. The van der Waals surface area contributed by atoms with Gasteiger partial charge in [-0.1, -0.05) is 0 Å². The largest absolute Gasteiger partial charge is 0.347 e. The van der Waals surface area contributed by atoms with Gasteiger partial charge in [-0.25, -0.2) is 4.39 Å². The molecule has 2 fully saturated rings. The Balaban J connectivity index is 0.00000176. The third-order valence-corrected chi connectivity index (χ3v) is 4.91. The van der Waals surface area contributed by atoms with Crippen LogP contribution in [0.25, 0.3) is 0 Å². The molecule has 0 spiro atoms. The molecule has 1 aromatic carbocycles. The Bertz CT molecular complexity index is 539. The van der Waals surface area contributed by atoms with E-state index >= 15 is 0 Å². The molecule has 1 aromatic rings. The van der Waals surface area contributed by atoms with Crippen LogP contribution < -0.4 is 10.6 Å². The highest BCUT2D eigenvalue weighted by Gasteiger charge is 2.33. The van der Waals surface area contributed by atoms with Gasteiger partial charge in [0.15, 0.2) is 0 Å². The Labute approximate surface area is 137 Å². The summed E-state index contributed by atoms with van der Waals surface area (Å²) in [5.41, 5.74) is 1.21. The van der Waals surface area contributed by atoms with E-state index in [1.807, 2.05) is 0 Å². The third kappa shape index (κ3) is 3.61. The molecule has 1 aliphatic carbocycles. The third-order valence-electron chi connectivity index (χ3n) is 4.91. The number of piperidine rings is 1. The van der Waals surface area contributed by atoms with E-state index in [-0.39, 0.29) is 35.6 Å². The lowest BCUT2D eigenvalue weighted by Crippen LogP contribution is -2.50. The SMILES string of the molecule is CC1(NC(=O)c2ccc(F)c(C3CCNCC3)c2)CCC1.Cl.